The van der Waals surface area contributed by atoms with E-state index in [4.69, 9.17) is 0 Å². The van der Waals surface area contributed by atoms with Crippen LogP contribution in [0.4, 0.5) is 0 Å². The van der Waals surface area contributed by atoms with Gasteiger partial charge >= 0.3 is 5.97 Å². The van der Waals surface area contributed by atoms with Crippen LogP contribution < -0.4 is 5.32 Å². The second-order valence-electron chi connectivity index (χ2n) is 7.27. The van der Waals surface area contributed by atoms with Gasteiger partial charge < -0.3 is 15.3 Å². The van der Waals surface area contributed by atoms with Crippen LogP contribution in [0.25, 0.3) is 10.8 Å². The lowest BCUT2D eigenvalue weighted by atomic mass is 9.90. The molecule has 2 aromatic rings. The van der Waals surface area contributed by atoms with Gasteiger partial charge in [0.05, 0.1) is 18.9 Å². The van der Waals surface area contributed by atoms with E-state index in [-0.39, 0.29) is 37.2 Å². The number of nitrogens with one attached hydrogen (secondary N) is 1. The molecule has 1 saturated heterocycles. The molecule has 142 valence electrons. The maximum Gasteiger partial charge on any atom is 0.308 e. The van der Waals surface area contributed by atoms with E-state index in [0.717, 1.165) is 16.3 Å². The van der Waals surface area contributed by atoms with Crippen molar-refractivity contribution in [2.24, 2.45) is 11.8 Å². The van der Waals surface area contributed by atoms with Gasteiger partial charge in [-0.15, -0.1) is 0 Å². The first kappa shape index (κ1) is 18.9. The number of carboxylic acids is 1. The lowest BCUT2D eigenvalue weighted by Gasteiger charge is -2.34. The van der Waals surface area contributed by atoms with Crippen molar-refractivity contribution in [1.82, 2.24) is 10.2 Å². The predicted octanol–water partition coefficient (Wildman–Crippen LogP) is 2.07. The highest BCUT2D eigenvalue weighted by Gasteiger charge is 2.31. The van der Waals surface area contributed by atoms with Crippen molar-refractivity contribution in [1.29, 1.82) is 0 Å². The number of carbonyl (C=O) groups is 3. The fourth-order valence-electron chi connectivity index (χ4n) is 3.70. The number of hydrogen-bond donors (Lipinski definition) is 2. The van der Waals surface area contributed by atoms with Crippen LogP contribution in [0.3, 0.4) is 0 Å². The smallest absolute Gasteiger partial charge is 0.308 e. The van der Waals surface area contributed by atoms with Crippen LogP contribution in [0.5, 0.6) is 0 Å². The summed E-state index contributed by atoms with van der Waals surface area (Å²) in [6.07, 6.45) is 0.773. The minimum Gasteiger partial charge on any atom is -0.481 e. The molecule has 6 nitrogen and oxygen atoms in total. The summed E-state index contributed by atoms with van der Waals surface area (Å²) >= 11 is 0. The van der Waals surface area contributed by atoms with Crippen LogP contribution in [0.15, 0.2) is 42.5 Å². The van der Waals surface area contributed by atoms with Crippen LogP contribution in [0, 0.1) is 11.8 Å². The van der Waals surface area contributed by atoms with E-state index in [1.807, 2.05) is 49.4 Å². The summed E-state index contributed by atoms with van der Waals surface area (Å²) in [5.74, 6) is -1.74. The van der Waals surface area contributed by atoms with Gasteiger partial charge in [0.15, 0.2) is 0 Å². The van der Waals surface area contributed by atoms with Gasteiger partial charge in [0.2, 0.25) is 11.8 Å². The number of carbonyl (C=O) groups excluding carboxylic acids is 2. The molecule has 2 aromatic carbocycles. The molecule has 2 N–H and O–H groups in total. The summed E-state index contributed by atoms with van der Waals surface area (Å²) in [7, 11) is 0. The molecule has 1 heterocycles. The quantitative estimate of drug-likeness (QED) is 0.846. The van der Waals surface area contributed by atoms with E-state index in [0.29, 0.717) is 13.0 Å². The Kier molecular flexibility index (Phi) is 5.74. The number of nitrogens with zero attached hydrogens (tertiary/aromatic N) is 1. The van der Waals surface area contributed by atoms with E-state index in [2.05, 4.69) is 5.32 Å². The van der Waals surface area contributed by atoms with Gasteiger partial charge in [0, 0.05) is 13.1 Å². The number of fused-ring (bicyclic) bond motifs is 1. The highest BCUT2D eigenvalue weighted by molar-refractivity contribution is 5.91. The maximum atomic E-state index is 12.4. The second-order valence-corrected chi connectivity index (χ2v) is 7.27. The topological polar surface area (TPSA) is 86.7 Å². The van der Waals surface area contributed by atoms with E-state index >= 15 is 0 Å². The first-order valence-electron chi connectivity index (χ1n) is 9.18. The number of benzene rings is 2. The molecule has 0 spiro atoms. The zero-order chi connectivity index (χ0) is 19.4. The SMILES string of the molecule is CC1CC(C(=O)O)CN(C(=O)CNC(=O)Cc2cccc3ccccc23)C1. The number of hydrogen-bond acceptors (Lipinski definition) is 3. The molecule has 0 saturated carbocycles. The molecule has 1 aliphatic rings. The van der Waals surface area contributed by atoms with Crippen LogP contribution in [-0.4, -0.2) is 47.4 Å². The van der Waals surface area contributed by atoms with Crippen molar-refractivity contribution in [2.45, 2.75) is 19.8 Å². The van der Waals surface area contributed by atoms with Gasteiger partial charge in [-0.3, -0.25) is 14.4 Å². The van der Waals surface area contributed by atoms with E-state index in [1.54, 1.807) is 4.90 Å². The van der Waals surface area contributed by atoms with Gasteiger partial charge in [-0.2, -0.15) is 0 Å². The number of rotatable bonds is 5. The maximum absolute atomic E-state index is 12.4. The Morgan fingerprint density at radius 1 is 1.11 bits per heavy atom. The highest BCUT2D eigenvalue weighted by atomic mass is 16.4. The van der Waals surface area contributed by atoms with Crippen molar-refractivity contribution in [3.63, 3.8) is 0 Å². The summed E-state index contributed by atoms with van der Waals surface area (Å²) in [4.78, 5) is 37.5. The molecule has 2 unspecified atom stereocenters. The summed E-state index contributed by atoms with van der Waals surface area (Å²) in [6.45, 7) is 2.57. The summed E-state index contributed by atoms with van der Waals surface area (Å²) in [5.41, 5.74) is 0.913. The molecule has 0 aliphatic carbocycles. The van der Waals surface area contributed by atoms with Crippen molar-refractivity contribution in [3.8, 4) is 0 Å². The number of amides is 2. The fraction of sp³-hybridized carbons (Fsp3) is 0.381. The Hall–Kier alpha value is -2.89. The van der Waals surface area contributed by atoms with Crippen LogP contribution in [0.1, 0.15) is 18.9 Å². The lowest BCUT2D eigenvalue weighted by Crippen LogP contribution is -2.49. The van der Waals surface area contributed by atoms with Gasteiger partial charge in [-0.1, -0.05) is 49.4 Å². The molecular weight excluding hydrogens is 344 g/mol. The highest BCUT2D eigenvalue weighted by Crippen LogP contribution is 2.22. The first-order valence-corrected chi connectivity index (χ1v) is 9.18. The minimum atomic E-state index is -0.876. The molecule has 6 heteroatoms. The normalized spacial score (nSPS) is 19.7. The number of piperidine rings is 1. The molecule has 0 radical (unpaired) electrons. The van der Waals surface area contributed by atoms with Gasteiger partial charge in [0.25, 0.3) is 0 Å². The number of aliphatic carboxylic acids is 1. The average molecular weight is 368 g/mol. The molecular formula is C21H24N2O4. The van der Waals surface area contributed by atoms with Crippen molar-refractivity contribution >= 4 is 28.6 Å². The molecule has 0 bridgehead atoms. The van der Waals surface area contributed by atoms with Crippen molar-refractivity contribution < 1.29 is 19.5 Å². The van der Waals surface area contributed by atoms with Crippen molar-refractivity contribution in [2.75, 3.05) is 19.6 Å². The Labute approximate surface area is 158 Å². The Bertz CT molecular complexity index is 859. The standard InChI is InChI=1S/C21H24N2O4/c1-14-9-17(21(26)27)13-23(12-14)20(25)11-22-19(24)10-16-7-4-6-15-5-2-3-8-18(15)16/h2-8,14,17H,9-13H2,1H3,(H,22,24)(H,26,27). The number of carboxylic acid groups (broad SMARTS) is 1. The Morgan fingerprint density at radius 2 is 1.85 bits per heavy atom. The van der Waals surface area contributed by atoms with Gasteiger partial charge in [0.1, 0.15) is 0 Å². The van der Waals surface area contributed by atoms with Crippen molar-refractivity contribution in [3.05, 3.63) is 48.0 Å². The summed E-state index contributed by atoms with van der Waals surface area (Å²) < 4.78 is 0. The molecule has 27 heavy (non-hydrogen) atoms. The van der Waals surface area contributed by atoms with Crippen LogP contribution in [-0.2, 0) is 20.8 Å². The minimum absolute atomic E-state index is 0.108. The zero-order valence-corrected chi connectivity index (χ0v) is 15.4. The number of likely N-dealkylation sites (tertiary alicyclic amines) is 1. The largest absolute Gasteiger partial charge is 0.481 e. The van der Waals surface area contributed by atoms with E-state index in [1.165, 1.54) is 0 Å². The third-order valence-corrected chi connectivity index (χ3v) is 5.03. The van der Waals surface area contributed by atoms with Crippen LogP contribution in [0.2, 0.25) is 0 Å². The fourth-order valence-corrected chi connectivity index (χ4v) is 3.70. The first-order chi connectivity index (χ1) is 12.9. The summed E-state index contributed by atoms with van der Waals surface area (Å²) in [5, 5.41) is 14.0. The lowest BCUT2D eigenvalue weighted by molar-refractivity contribution is -0.147. The third kappa shape index (κ3) is 4.64. The van der Waals surface area contributed by atoms with Crippen LogP contribution >= 0.6 is 0 Å². The molecule has 2 atom stereocenters. The Morgan fingerprint density at radius 3 is 2.63 bits per heavy atom. The summed E-state index contributed by atoms with van der Waals surface area (Å²) in [6, 6.07) is 13.7. The Balaban J connectivity index is 1.57. The monoisotopic (exact) mass is 368 g/mol. The second kappa shape index (κ2) is 8.20. The third-order valence-electron chi connectivity index (χ3n) is 5.03. The molecule has 3 rings (SSSR count). The van der Waals surface area contributed by atoms with E-state index < -0.39 is 11.9 Å². The van der Waals surface area contributed by atoms with E-state index in [9.17, 15) is 19.5 Å². The molecule has 2 amide bonds. The zero-order valence-electron chi connectivity index (χ0n) is 15.4. The molecule has 1 aliphatic heterocycles. The van der Waals surface area contributed by atoms with Gasteiger partial charge in [-0.05, 0) is 28.7 Å². The molecule has 1 fully saturated rings. The average Bonchev–Trinajstić information content (AvgIpc) is 2.66. The molecule has 0 aromatic heterocycles. The predicted molar refractivity (Wildman–Crippen MR) is 102 cm³/mol. The van der Waals surface area contributed by atoms with Gasteiger partial charge in [-0.25, -0.2) is 0 Å².